The number of carbonyl (C=O) groups excluding carboxylic acids is 2. The number of benzene rings is 1. The van der Waals surface area contributed by atoms with Crippen LogP contribution in [0.2, 0.25) is 0 Å². The van der Waals surface area contributed by atoms with E-state index in [4.69, 9.17) is 4.74 Å². The maximum absolute atomic E-state index is 13.2. The Morgan fingerprint density at radius 1 is 1.25 bits per heavy atom. The molecule has 0 N–H and O–H groups in total. The molecule has 0 fully saturated rings. The molecule has 0 saturated carbocycles. The monoisotopic (exact) mass is 405 g/mol. The van der Waals surface area contributed by atoms with Gasteiger partial charge in [-0.2, -0.15) is 5.10 Å². The number of aryl methyl sites for hydroxylation is 1. The van der Waals surface area contributed by atoms with E-state index in [-0.39, 0.29) is 24.8 Å². The number of hydrogen-bond acceptors (Lipinski definition) is 6. The van der Waals surface area contributed by atoms with Crippen LogP contribution in [0.3, 0.4) is 0 Å². The van der Waals surface area contributed by atoms with E-state index < -0.39 is 5.97 Å². The van der Waals surface area contributed by atoms with Crippen LogP contribution in [0, 0.1) is 12.7 Å². The van der Waals surface area contributed by atoms with Crippen LogP contribution in [-0.4, -0.2) is 60.5 Å². The molecule has 0 aliphatic rings. The number of carbonyl (C=O) groups is 2. The van der Waals surface area contributed by atoms with Gasteiger partial charge in [0.2, 0.25) is 0 Å². The van der Waals surface area contributed by atoms with E-state index >= 15 is 0 Å². The van der Waals surface area contributed by atoms with Gasteiger partial charge in [-0.1, -0.05) is 0 Å². The van der Waals surface area contributed by atoms with Gasteiger partial charge in [0.1, 0.15) is 17.2 Å². The number of hydrogen-bond donors (Lipinski definition) is 0. The quantitative estimate of drug-likeness (QED) is 0.565. The third kappa shape index (κ3) is 4.05. The topological polar surface area (TPSA) is 73.7 Å². The summed E-state index contributed by atoms with van der Waals surface area (Å²) in [5.74, 6) is -1.12. The molecule has 1 aromatic carbocycles. The molecule has 28 heavy (non-hydrogen) atoms. The van der Waals surface area contributed by atoms with Gasteiger partial charge in [-0.05, 0) is 37.3 Å². The molecule has 0 radical (unpaired) electrons. The lowest BCUT2D eigenvalue weighted by atomic mass is 10.3. The molecule has 2 aromatic heterocycles. The fourth-order valence-electron chi connectivity index (χ4n) is 2.74. The normalized spacial score (nSPS) is 11.0. The molecule has 3 rings (SSSR count). The Bertz CT molecular complexity index is 997. The van der Waals surface area contributed by atoms with Crippen molar-refractivity contribution in [3.05, 3.63) is 46.7 Å². The molecule has 9 heteroatoms. The van der Waals surface area contributed by atoms with E-state index in [1.807, 2.05) is 6.92 Å². The van der Waals surface area contributed by atoms with E-state index in [0.29, 0.717) is 17.2 Å². The largest absolute Gasteiger partial charge is 0.468 e. The van der Waals surface area contributed by atoms with Crippen molar-refractivity contribution in [3.63, 3.8) is 0 Å². The minimum absolute atomic E-state index is 0.157. The summed E-state index contributed by atoms with van der Waals surface area (Å²) in [5.41, 5.74) is 1.46. The number of esters is 1. The van der Waals surface area contributed by atoms with Crippen molar-refractivity contribution in [2.24, 2.45) is 0 Å². The van der Waals surface area contributed by atoms with Crippen molar-refractivity contribution in [1.82, 2.24) is 14.7 Å². The average molecular weight is 405 g/mol. The minimum Gasteiger partial charge on any atom is -0.468 e. The number of thiophene rings is 1. The van der Waals surface area contributed by atoms with Crippen LogP contribution >= 0.6 is 11.3 Å². The van der Waals surface area contributed by atoms with Crippen molar-refractivity contribution < 1.29 is 23.5 Å². The first kappa shape index (κ1) is 20.0. The standard InChI is InChI=1S/C19H20FN3O4S/c1-12-15-10-16(18(25)22(8-9-26-2)11-17(24)27-3)28-19(15)23(21-12)14-6-4-13(20)5-7-14/h4-7,10H,8-9,11H2,1-3H3. The summed E-state index contributed by atoms with van der Waals surface area (Å²) in [7, 11) is 2.81. The fourth-order valence-corrected chi connectivity index (χ4v) is 3.89. The van der Waals surface area contributed by atoms with Crippen LogP contribution in [0.15, 0.2) is 30.3 Å². The Morgan fingerprint density at radius 3 is 2.61 bits per heavy atom. The van der Waals surface area contributed by atoms with E-state index in [0.717, 1.165) is 15.9 Å². The molecular weight excluding hydrogens is 385 g/mol. The Kier molecular flexibility index (Phi) is 6.05. The maximum Gasteiger partial charge on any atom is 0.325 e. The molecule has 0 aliphatic heterocycles. The number of amides is 1. The highest BCUT2D eigenvalue weighted by molar-refractivity contribution is 7.20. The summed E-state index contributed by atoms with van der Waals surface area (Å²) in [5, 5.41) is 5.33. The fraction of sp³-hybridized carbons (Fsp3) is 0.316. The molecule has 3 aromatic rings. The van der Waals surface area contributed by atoms with Gasteiger partial charge in [0, 0.05) is 19.0 Å². The third-order valence-corrected chi connectivity index (χ3v) is 5.33. The second kappa shape index (κ2) is 8.49. The molecule has 0 bridgehead atoms. The number of halogens is 1. The molecule has 148 valence electrons. The summed E-state index contributed by atoms with van der Waals surface area (Å²) in [6, 6.07) is 7.75. The Hall–Kier alpha value is -2.78. The number of ether oxygens (including phenoxy) is 2. The highest BCUT2D eigenvalue weighted by Gasteiger charge is 2.23. The molecule has 0 unspecified atom stereocenters. The Balaban J connectivity index is 1.96. The van der Waals surface area contributed by atoms with Gasteiger partial charge in [-0.25, -0.2) is 9.07 Å². The van der Waals surface area contributed by atoms with Crippen LogP contribution in [0.5, 0.6) is 0 Å². The van der Waals surface area contributed by atoms with E-state index in [9.17, 15) is 14.0 Å². The van der Waals surface area contributed by atoms with Gasteiger partial charge in [0.25, 0.3) is 5.91 Å². The zero-order valence-corrected chi connectivity index (χ0v) is 16.6. The number of rotatable bonds is 7. The highest BCUT2D eigenvalue weighted by atomic mass is 32.1. The van der Waals surface area contributed by atoms with Crippen molar-refractivity contribution in [1.29, 1.82) is 0 Å². The molecule has 1 amide bonds. The van der Waals surface area contributed by atoms with Crippen molar-refractivity contribution in [3.8, 4) is 5.69 Å². The summed E-state index contributed by atoms with van der Waals surface area (Å²) in [6.07, 6.45) is 0. The summed E-state index contributed by atoms with van der Waals surface area (Å²) >= 11 is 1.27. The predicted octanol–water partition coefficient (Wildman–Crippen LogP) is 2.80. The van der Waals surface area contributed by atoms with Crippen molar-refractivity contribution in [2.75, 3.05) is 33.9 Å². The van der Waals surface area contributed by atoms with Gasteiger partial charge < -0.3 is 14.4 Å². The summed E-state index contributed by atoms with van der Waals surface area (Å²) < 4.78 is 24.6. The molecule has 0 atom stereocenters. The first-order chi connectivity index (χ1) is 13.4. The van der Waals surface area contributed by atoms with E-state index in [1.54, 1.807) is 22.9 Å². The molecule has 0 spiro atoms. The van der Waals surface area contributed by atoms with Gasteiger partial charge in [-0.3, -0.25) is 9.59 Å². The van der Waals surface area contributed by atoms with E-state index in [1.165, 1.54) is 42.6 Å². The molecular formula is C19H20FN3O4S. The Labute approximate surface area is 165 Å². The second-order valence-corrected chi connectivity index (χ2v) is 7.13. The van der Waals surface area contributed by atoms with Crippen LogP contribution in [0.4, 0.5) is 4.39 Å². The van der Waals surface area contributed by atoms with Crippen molar-refractivity contribution >= 4 is 33.4 Å². The van der Waals surface area contributed by atoms with Crippen LogP contribution in [-0.2, 0) is 14.3 Å². The number of fused-ring (bicyclic) bond motifs is 1. The van der Waals surface area contributed by atoms with Gasteiger partial charge in [0.15, 0.2) is 0 Å². The van der Waals surface area contributed by atoms with Gasteiger partial charge in [0.05, 0.1) is 30.0 Å². The van der Waals surface area contributed by atoms with Crippen LogP contribution in [0.25, 0.3) is 15.9 Å². The van der Waals surface area contributed by atoms with Gasteiger partial charge >= 0.3 is 5.97 Å². The summed E-state index contributed by atoms with van der Waals surface area (Å²) in [6.45, 7) is 2.26. The van der Waals surface area contributed by atoms with Crippen LogP contribution in [0.1, 0.15) is 15.4 Å². The van der Waals surface area contributed by atoms with Gasteiger partial charge in [-0.15, -0.1) is 11.3 Å². The zero-order chi connectivity index (χ0) is 20.3. The number of methoxy groups -OCH3 is 2. The average Bonchev–Trinajstić information content (AvgIpc) is 3.26. The molecule has 2 heterocycles. The first-order valence-electron chi connectivity index (χ1n) is 8.54. The number of aromatic nitrogens is 2. The lowest BCUT2D eigenvalue weighted by Gasteiger charge is -2.20. The second-order valence-electron chi connectivity index (χ2n) is 6.10. The van der Waals surface area contributed by atoms with Crippen molar-refractivity contribution in [2.45, 2.75) is 6.92 Å². The number of nitrogens with zero attached hydrogens (tertiary/aromatic N) is 3. The summed E-state index contributed by atoms with van der Waals surface area (Å²) in [4.78, 5) is 27.3. The lowest BCUT2D eigenvalue weighted by Crippen LogP contribution is -2.38. The predicted molar refractivity (Wildman–Crippen MR) is 103 cm³/mol. The van der Waals surface area contributed by atoms with E-state index in [2.05, 4.69) is 9.84 Å². The zero-order valence-electron chi connectivity index (χ0n) is 15.8. The molecule has 7 nitrogen and oxygen atoms in total. The highest BCUT2D eigenvalue weighted by Crippen LogP contribution is 2.31. The molecule has 0 aliphatic carbocycles. The van der Waals surface area contributed by atoms with Crippen LogP contribution < -0.4 is 0 Å². The first-order valence-corrected chi connectivity index (χ1v) is 9.36. The Morgan fingerprint density at radius 2 is 1.96 bits per heavy atom. The third-order valence-electron chi connectivity index (χ3n) is 4.23. The smallest absolute Gasteiger partial charge is 0.325 e. The maximum atomic E-state index is 13.2. The minimum atomic E-state index is -0.501. The SMILES string of the molecule is COCCN(CC(=O)OC)C(=O)c1cc2c(C)nn(-c3ccc(F)cc3)c2s1. The molecule has 0 saturated heterocycles. The lowest BCUT2D eigenvalue weighted by molar-refractivity contribution is -0.141.